The Bertz CT molecular complexity index is 676. The molecule has 0 unspecified atom stereocenters. The summed E-state index contributed by atoms with van der Waals surface area (Å²) in [5, 5.41) is 16.5. The second-order valence-corrected chi connectivity index (χ2v) is 5.49. The van der Waals surface area contributed by atoms with Crippen molar-refractivity contribution in [3.63, 3.8) is 0 Å². The van der Waals surface area contributed by atoms with E-state index in [9.17, 15) is 14.9 Å². The van der Waals surface area contributed by atoms with E-state index in [2.05, 4.69) is 20.6 Å². The topological polar surface area (TPSA) is 110 Å². The highest BCUT2D eigenvalue weighted by Gasteiger charge is 2.05. The highest BCUT2D eigenvalue weighted by Crippen LogP contribution is 2.12. The Balaban J connectivity index is 1.52. The first-order valence-electron chi connectivity index (χ1n) is 8.16. The van der Waals surface area contributed by atoms with Gasteiger partial charge < -0.3 is 10.6 Å². The van der Waals surface area contributed by atoms with Gasteiger partial charge in [0, 0.05) is 25.2 Å². The maximum Gasteiger partial charge on any atom is 0.287 e. The maximum atomic E-state index is 11.7. The van der Waals surface area contributed by atoms with Crippen molar-refractivity contribution in [1.82, 2.24) is 15.3 Å². The van der Waals surface area contributed by atoms with E-state index in [0.29, 0.717) is 25.3 Å². The molecule has 1 amide bonds. The van der Waals surface area contributed by atoms with Crippen molar-refractivity contribution >= 4 is 17.4 Å². The lowest BCUT2D eigenvalue weighted by atomic mass is 10.2. The van der Waals surface area contributed by atoms with Crippen LogP contribution in [0.15, 0.2) is 42.7 Å². The molecule has 0 atom stereocenters. The monoisotopic (exact) mass is 343 g/mol. The molecule has 0 aliphatic rings. The van der Waals surface area contributed by atoms with Crippen molar-refractivity contribution in [3.8, 4) is 0 Å². The fourth-order valence-electron chi connectivity index (χ4n) is 2.18. The number of aromatic nitrogens is 2. The van der Waals surface area contributed by atoms with Gasteiger partial charge in [-0.1, -0.05) is 12.5 Å². The van der Waals surface area contributed by atoms with Gasteiger partial charge in [-0.2, -0.15) is 0 Å². The van der Waals surface area contributed by atoms with Gasteiger partial charge in [0.1, 0.15) is 12.0 Å². The summed E-state index contributed by atoms with van der Waals surface area (Å²) in [5.74, 6) is 0.634. The van der Waals surface area contributed by atoms with Crippen LogP contribution in [0.2, 0.25) is 0 Å². The lowest BCUT2D eigenvalue weighted by Crippen LogP contribution is -2.22. The molecule has 0 aliphatic carbocycles. The van der Waals surface area contributed by atoms with Crippen LogP contribution in [0.4, 0.5) is 11.5 Å². The van der Waals surface area contributed by atoms with Gasteiger partial charge in [0.2, 0.25) is 5.91 Å². The average Bonchev–Trinajstić information content (AvgIpc) is 2.64. The lowest BCUT2D eigenvalue weighted by Gasteiger charge is -2.06. The smallest absolute Gasteiger partial charge is 0.287 e. The Morgan fingerprint density at radius 1 is 1.12 bits per heavy atom. The van der Waals surface area contributed by atoms with Gasteiger partial charge in [-0.15, -0.1) is 0 Å². The number of nitrogens with zero attached hydrogens (tertiary/aromatic N) is 3. The summed E-state index contributed by atoms with van der Waals surface area (Å²) >= 11 is 0. The molecular weight excluding hydrogens is 322 g/mol. The SMILES string of the molecule is O=C(CCCCCNc1ccc([N+](=O)[O-])cn1)NCc1ccccn1. The van der Waals surface area contributed by atoms with Gasteiger partial charge in [-0.25, -0.2) is 4.98 Å². The number of pyridine rings is 2. The molecule has 0 spiro atoms. The first-order chi connectivity index (χ1) is 12.1. The number of carbonyl (C=O) groups excluding carboxylic acids is 1. The third-order valence-corrected chi connectivity index (χ3v) is 3.54. The first-order valence-corrected chi connectivity index (χ1v) is 8.16. The Hall–Kier alpha value is -3.03. The van der Waals surface area contributed by atoms with Gasteiger partial charge >= 0.3 is 0 Å². The summed E-state index contributed by atoms with van der Waals surface area (Å²) < 4.78 is 0. The second-order valence-electron chi connectivity index (χ2n) is 5.49. The van der Waals surface area contributed by atoms with Crippen molar-refractivity contribution in [2.45, 2.75) is 32.2 Å². The number of carbonyl (C=O) groups is 1. The predicted molar refractivity (Wildman–Crippen MR) is 93.9 cm³/mol. The van der Waals surface area contributed by atoms with E-state index in [1.165, 1.54) is 12.3 Å². The molecule has 0 saturated carbocycles. The van der Waals surface area contributed by atoms with Crippen molar-refractivity contribution < 1.29 is 9.72 Å². The minimum Gasteiger partial charge on any atom is -0.370 e. The van der Waals surface area contributed by atoms with Crippen LogP contribution in [-0.2, 0) is 11.3 Å². The normalized spacial score (nSPS) is 10.2. The molecule has 25 heavy (non-hydrogen) atoms. The third kappa shape index (κ3) is 6.94. The van der Waals surface area contributed by atoms with Gasteiger partial charge in [-0.05, 0) is 31.0 Å². The van der Waals surface area contributed by atoms with E-state index in [0.717, 1.165) is 25.0 Å². The molecule has 2 aromatic heterocycles. The van der Waals surface area contributed by atoms with Crippen LogP contribution >= 0.6 is 0 Å². The molecule has 2 N–H and O–H groups in total. The van der Waals surface area contributed by atoms with Crippen LogP contribution in [0, 0.1) is 10.1 Å². The molecule has 0 saturated heterocycles. The minimum absolute atomic E-state index is 0.0237. The molecule has 0 aromatic carbocycles. The molecule has 0 radical (unpaired) electrons. The van der Waals surface area contributed by atoms with Crippen molar-refractivity contribution in [2.75, 3.05) is 11.9 Å². The van der Waals surface area contributed by atoms with Crippen LogP contribution in [0.5, 0.6) is 0 Å². The highest BCUT2D eigenvalue weighted by atomic mass is 16.6. The highest BCUT2D eigenvalue weighted by molar-refractivity contribution is 5.75. The Morgan fingerprint density at radius 2 is 2.00 bits per heavy atom. The van der Waals surface area contributed by atoms with E-state index >= 15 is 0 Å². The zero-order valence-electron chi connectivity index (χ0n) is 13.9. The van der Waals surface area contributed by atoms with Crippen molar-refractivity contribution in [1.29, 1.82) is 0 Å². The number of amides is 1. The van der Waals surface area contributed by atoms with Gasteiger partial charge in [0.05, 0.1) is 17.2 Å². The number of hydrogen-bond donors (Lipinski definition) is 2. The molecule has 8 nitrogen and oxygen atoms in total. The molecule has 132 valence electrons. The van der Waals surface area contributed by atoms with E-state index in [4.69, 9.17) is 0 Å². The van der Waals surface area contributed by atoms with Crippen LogP contribution in [0.3, 0.4) is 0 Å². The van der Waals surface area contributed by atoms with E-state index in [1.54, 1.807) is 12.3 Å². The Morgan fingerprint density at radius 3 is 2.68 bits per heavy atom. The number of nitro groups is 1. The van der Waals surface area contributed by atoms with Crippen LogP contribution < -0.4 is 10.6 Å². The maximum absolute atomic E-state index is 11.7. The van der Waals surface area contributed by atoms with E-state index in [-0.39, 0.29) is 11.6 Å². The van der Waals surface area contributed by atoms with Crippen LogP contribution in [0.25, 0.3) is 0 Å². The Kier molecular flexibility index (Phi) is 7.30. The predicted octanol–water partition coefficient (Wildman–Crippen LogP) is 2.67. The molecular formula is C17H21N5O3. The number of unbranched alkanes of at least 4 members (excludes halogenated alkanes) is 2. The van der Waals surface area contributed by atoms with Crippen LogP contribution in [-0.4, -0.2) is 27.3 Å². The summed E-state index contributed by atoms with van der Waals surface area (Å²) in [6, 6.07) is 8.61. The molecule has 8 heteroatoms. The summed E-state index contributed by atoms with van der Waals surface area (Å²) in [7, 11) is 0. The Labute approximate surface area is 145 Å². The molecule has 0 bridgehead atoms. The quantitative estimate of drug-likeness (QED) is 0.390. The first kappa shape index (κ1) is 18.3. The van der Waals surface area contributed by atoms with Crippen LogP contribution in [0.1, 0.15) is 31.4 Å². The summed E-state index contributed by atoms with van der Waals surface area (Å²) in [4.78, 5) is 29.9. The minimum atomic E-state index is -0.477. The fourth-order valence-corrected chi connectivity index (χ4v) is 2.18. The molecule has 0 aliphatic heterocycles. The summed E-state index contributed by atoms with van der Waals surface area (Å²) in [6.07, 6.45) is 6.04. The molecule has 2 rings (SSSR count). The zero-order chi connectivity index (χ0) is 17.9. The fraction of sp³-hybridized carbons (Fsp3) is 0.353. The average molecular weight is 343 g/mol. The zero-order valence-corrected chi connectivity index (χ0v) is 13.9. The van der Waals surface area contributed by atoms with Gasteiger partial charge in [0.15, 0.2) is 0 Å². The second kappa shape index (κ2) is 9.96. The molecule has 2 aromatic rings. The largest absolute Gasteiger partial charge is 0.370 e. The van der Waals surface area contributed by atoms with Crippen molar-refractivity contribution in [3.05, 3.63) is 58.5 Å². The third-order valence-electron chi connectivity index (χ3n) is 3.54. The summed E-state index contributed by atoms with van der Waals surface area (Å²) in [5.41, 5.74) is 0.818. The number of nitrogens with one attached hydrogen (secondary N) is 2. The standard InChI is InChI=1S/C17H21N5O3/c23-17(21-12-14-6-3-5-10-18-14)7-2-1-4-11-19-16-9-8-15(13-20-16)22(24)25/h3,5-6,8-10,13H,1-2,4,7,11-12H2,(H,19,20)(H,21,23). The van der Waals surface area contributed by atoms with Gasteiger partial charge in [-0.3, -0.25) is 19.9 Å². The number of hydrogen-bond acceptors (Lipinski definition) is 6. The van der Waals surface area contributed by atoms with Crippen molar-refractivity contribution in [2.24, 2.45) is 0 Å². The van der Waals surface area contributed by atoms with Gasteiger partial charge in [0.25, 0.3) is 5.69 Å². The van der Waals surface area contributed by atoms with E-state index < -0.39 is 4.92 Å². The molecule has 0 fully saturated rings. The molecule has 2 heterocycles. The summed E-state index contributed by atoms with van der Waals surface area (Å²) in [6.45, 7) is 1.16. The number of rotatable bonds is 10. The van der Waals surface area contributed by atoms with E-state index in [1.807, 2.05) is 18.2 Å². The number of anilines is 1. The lowest BCUT2D eigenvalue weighted by molar-refractivity contribution is -0.385.